The highest BCUT2D eigenvalue weighted by atomic mass is 32.1. The molecule has 0 fully saturated rings. The fourth-order valence-electron chi connectivity index (χ4n) is 4.75. The van der Waals surface area contributed by atoms with Crippen LogP contribution in [0.25, 0.3) is 32.8 Å². The van der Waals surface area contributed by atoms with Crippen LogP contribution in [0.3, 0.4) is 0 Å². The first-order chi connectivity index (χ1) is 18.6. The zero-order valence-electron chi connectivity index (χ0n) is 21.0. The number of imidazole rings is 1. The zero-order chi connectivity index (χ0) is 26.1. The van der Waals surface area contributed by atoms with Gasteiger partial charge in [0, 0.05) is 5.56 Å². The van der Waals surface area contributed by atoms with E-state index in [0.717, 1.165) is 27.7 Å². The Kier molecular flexibility index (Phi) is 6.40. The lowest BCUT2D eigenvalue weighted by Gasteiger charge is -2.17. The Labute approximate surface area is 223 Å². The second-order valence-electron chi connectivity index (χ2n) is 9.04. The van der Waals surface area contributed by atoms with Crippen molar-refractivity contribution in [2.45, 2.75) is 20.0 Å². The Morgan fingerprint density at radius 3 is 2.63 bits per heavy atom. The van der Waals surface area contributed by atoms with Crippen molar-refractivity contribution >= 4 is 44.2 Å². The topological polar surface area (TPSA) is 52.8 Å². The van der Waals surface area contributed by atoms with E-state index in [-0.39, 0.29) is 5.56 Å². The second kappa shape index (κ2) is 10.1. The van der Waals surface area contributed by atoms with Crippen molar-refractivity contribution in [3.8, 4) is 11.5 Å². The molecule has 6 aromatic rings. The quantitative estimate of drug-likeness (QED) is 0.221. The minimum Gasteiger partial charge on any atom is -0.490 e. The molecule has 6 heteroatoms. The van der Waals surface area contributed by atoms with Gasteiger partial charge in [0.15, 0.2) is 16.5 Å². The molecule has 188 valence electrons. The van der Waals surface area contributed by atoms with Crippen LogP contribution in [0.5, 0.6) is 11.5 Å². The highest BCUT2D eigenvalue weighted by Crippen LogP contribution is 2.35. The lowest BCUT2D eigenvalue weighted by atomic mass is 10.0. The molecule has 6 rings (SSSR count). The van der Waals surface area contributed by atoms with Crippen LogP contribution in [0.2, 0.25) is 0 Å². The lowest BCUT2D eigenvalue weighted by Crippen LogP contribution is -2.22. The number of ether oxygens (including phenoxy) is 2. The first-order valence-corrected chi connectivity index (χ1v) is 13.4. The molecule has 0 aliphatic carbocycles. The van der Waals surface area contributed by atoms with E-state index in [1.807, 2.05) is 67.6 Å². The van der Waals surface area contributed by atoms with Gasteiger partial charge in [0.05, 0.1) is 22.2 Å². The van der Waals surface area contributed by atoms with Crippen LogP contribution in [-0.4, -0.2) is 16.0 Å². The second-order valence-corrected chi connectivity index (χ2v) is 10.0. The van der Waals surface area contributed by atoms with Gasteiger partial charge in [-0.1, -0.05) is 65.9 Å². The number of hydrogen-bond donors (Lipinski definition) is 0. The molecule has 0 aliphatic rings. The number of aromatic nitrogens is 2. The van der Waals surface area contributed by atoms with Crippen molar-refractivity contribution in [3.63, 3.8) is 0 Å². The van der Waals surface area contributed by atoms with Gasteiger partial charge in [-0.05, 0) is 71.7 Å². The van der Waals surface area contributed by atoms with Crippen LogP contribution >= 0.6 is 11.3 Å². The molecule has 0 bridgehead atoms. The monoisotopic (exact) mass is 518 g/mol. The Morgan fingerprint density at radius 1 is 0.974 bits per heavy atom. The van der Waals surface area contributed by atoms with E-state index in [0.29, 0.717) is 40.6 Å². The minimum absolute atomic E-state index is 0.0708. The molecule has 0 atom stereocenters. The molecule has 0 amide bonds. The maximum atomic E-state index is 13.3. The fourth-order valence-corrected chi connectivity index (χ4v) is 5.73. The molecule has 0 N–H and O–H groups in total. The van der Waals surface area contributed by atoms with Crippen molar-refractivity contribution in [1.29, 1.82) is 0 Å². The number of benzene rings is 4. The molecule has 4 aromatic carbocycles. The van der Waals surface area contributed by atoms with E-state index in [9.17, 15) is 4.79 Å². The van der Waals surface area contributed by atoms with E-state index < -0.39 is 0 Å². The van der Waals surface area contributed by atoms with Gasteiger partial charge in [0.2, 0.25) is 0 Å². The molecule has 38 heavy (non-hydrogen) atoms. The van der Waals surface area contributed by atoms with Crippen LogP contribution < -0.4 is 19.6 Å². The Hall–Kier alpha value is -4.42. The average molecular weight is 519 g/mol. The number of nitrogens with zero attached hydrogens (tertiary/aromatic N) is 2. The maximum absolute atomic E-state index is 13.3. The van der Waals surface area contributed by atoms with Gasteiger partial charge in [-0.3, -0.25) is 4.79 Å². The third-order valence-electron chi connectivity index (χ3n) is 6.46. The lowest BCUT2D eigenvalue weighted by molar-refractivity contribution is 0.267. The van der Waals surface area contributed by atoms with Gasteiger partial charge in [-0.15, -0.1) is 6.58 Å². The predicted octanol–water partition coefficient (Wildman–Crippen LogP) is 6.32. The summed E-state index contributed by atoms with van der Waals surface area (Å²) in [5.74, 6) is 1.35. The summed E-state index contributed by atoms with van der Waals surface area (Å²) in [4.78, 5) is 18.6. The van der Waals surface area contributed by atoms with Crippen molar-refractivity contribution < 1.29 is 9.47 Å². The summed E-state index contributed by atoms with van der Waals surface area (Å²) in [5.41, 5.74) is 4.48. The normalized spacial score (nSPS) is 12.0. The van der Waals surface area contributed by atoms with Gasteiger partial charge in [-0.25, -0.2) is 9.38 Å². The molecule has 2 heterocycles. The first kappa shape index (κ1) is 23.9. The summed E-state index contributed by atoms with van der Waals surface area (Å²) in [6, 6.07) is 26.3. The molecule has 0 aliphatic heterocycles. The number of allylic oxidation sites excluding steroid dienone is 1. The number of rotatable bonds is 8. The van der Waals surface area contributed by atoms with Crippen LogP contribution in [-0.2, 0) is 13.0 Å². The van der Waals surface area contributed by atoms with Crippen LogP contribution in [0.4, 0.5) is 0 Å². The van der Waals surface area contributed by atoms with Gasteiger partial charge in [0.25, 0.3) is 5.56 Å². The smallest absolute Gasteiger partial charge is 0.274 e. The van der Waals surface area contributed by atoms with Gasteiger partial charge >= 0.3 is 0 Å². The van der Waals surface area contributed by atoms with E-state index in [1.165, 1.54) is 22.1 Å². The SMILES string of the molecule is C=CCc1cc(/C=c2\sc3nc4ccccc4n3c2=O)cc(OCC)c1OCc1ccc2ccccc2c1. The number of para-hydroxylation sites is 2. The van der Waals surface area contributed by atoms with Crippen molar-refractivity contribution in [2.75, 3.05) is 6.61 Å². The summed E-state index contributed by atoms with van der Waals surface area (Å²) in [6.45, 7) is 6.80. The molecule has 0 spiro atoms. The zero-order valence-corrected chi connectivity index (χ0v) is 21.8. The van der Waals surface area contributed by atoms with E-state index in [2.05, 4.69) is 41.9 Å². The van der Waals surface area contributed by atoms with Gasteiger partial charge in [0.1, 0.15) is 6.61 Å². The molecule has 0 unspecified atom stereocenters. The number of fused-ring (bicyclic) bond motifs is 4. The number of hydrogen-bond acceptors (Lipinski definition) is 5. The third-order valence-corrected chi connectivity index (χ3v) is 7.43. The number of thiazole rings is 1. The highest BCUT2D eigenvalue weighted by Gasteiger charge is 2.15. The summed E-state index contributed by atoms with van der Waals surface area (Å²) >= 11 is 1.39. The Morgan fingerprint density at radius 2 is 1.79 bits per heavy atom. The van der Waals surface area contributed by atoms with Crippen LogP contribution in [0, 0.1) is 0 Å². The Balaban J connectivity index is 1.39. The maximum Gasteiger partial charge on any atom is 0.274 e. The standard InChI is InChI=1S/C32H26N2O3S/c1-3-9-25-17-22(19-29-31(35)34-27-13-8-7-12-26(27)33-32(34)38-29)18-28(36-4-2)30(25)37-20-21-14-15-23-10-5-6-11-24(23)16-21/h3,5-8,10-19H,1,4,9,20H2,2H3/b29-19-. The van der Waals surface area contributed by atoms with Crippen LogP contribution in [0.1, 0.15) is 23.6 Å². The molecule has 5 nitrogen and oxygen atoms in total. The summed E-state index contributed by atoms with van der Waals surface area (Å²) in [7, 11) is 0. The van der Waals surface area contributed by atoms with Crippen LogP contribution in [0.15, 0.2) is 96.3 Å². The molecule has 0 radical (unpaired) electrons. The molecular formula is C32H26N2O3S. The van der Waals surface area contributed by atoms with Crippen molar-refractivity contribution in [2.24, 2.45) is 0 Å². The first-order valence-electron chi connectivity index (χ1n) is 12.6. The predicted molar refractivity (Wildman–Crippen MR) is 155 cm³/mol. The van der Waals surface area contributed by atoms with Crippen molar-refractivity contribution in [3.05, 3.63) is 123 Å². The van der Waals surface area contributed by atoms with Gasteiger partial charge < -0.3 is 9.47 Å². The summed E-state index contributed by atoms with van der Waals surface area (Å²) in [5, 5.41) is 2.38. The Bertz CT molecular complexity index is 1920. The van der Waals surface area contributed by atoms with E-state index in [4.69, 9.17) is 9.47 Å². The largest absolute Gasteiger partial charge is 0.490 e. The van der Waals surface area contributed by atoms with E-state index in [1.54, 1.807) is 4.40 Å². The highest BCUT2D eigenvalue weighted by molar-refractivity contribution is 7.15. The summed E-state index contributed by atoms with van der Waals surface area (Å²) in [6.07, 6.45) is 4.36. The molecule has 2 aromatic heterocycles. The molecule has 0 saturated heterocycles. The average Bonchev–Trinajstić information content (AvgIpc) is 3.44. The third kappa shape index (κ3) is 4.44. The van der Waals surface area contributed by atoms with Crippen molar-refractivity contribution in [1.82, 2.24) is 9.38 Å². The minimum atomic E-state index is -0.0708. The van der Waals surface area contributed by atoms with E-state index >= 15 is 0 Å². The molecule has 0 saturated carbocycles. The van der Waals surface area contributed by atoms with Gasteiger partial charge in [-0.2, -0.15) is 0 Å². The molecular weight excluding hydrogens is 492 g/mol. The summed E-state index contributed by atoms with van der Waals surface area (Å²) < 4.78 is 14.7. The fraction of sp³-hybridized carbons (Fsp3) is 0.125.